The highest BCUT2D eigenvalue weighted by atomic mass is 16.7. The number of aliphatic carboxylic acids is 2. The van der Waals surface area contributed by atoms with Crippen LogP contribution in [0.1, 0.15) is 41.5 Å². The standard InChI is InChI=1S/C18H27NO12.C2H4O2/c1-7(13(19)17(24)25)27-18-16(30-11(5)23)15(29-10(4)22)14(28-9(3)21)12(31-18)6-26-8(2)20;1-2(3)4/h7,12-16,18H,6,19H2,1-5H3,(H,24,25);1H3,(H,3,4)/t7-,12-,13+,14+,15+,16-,18-;/m1./s1. The highest BCUT2D eigenvalue weighted by Crippen LogP contribution is 2.30. The lowest BCUT2D eigenvalue weighted by Crippen LogP contribution is -2.63. The maximum atomic E-state index is 11.7. The van der Waals surface area contributed by atoms with Crippen LogP contribution in [0.25, 0.3) is 0 Å². The highest BCUT2D eigenvalue weighted by Gasteiger charge is 2.53. The van der Waals surface area contributed by atoms with E-state index in [0.717, 1.165) is 34.6 Å². The molecule has 0 saturated carbocycles. The van der Waals surface area contributed by atoms with E-state index < -0.39 is 85.3 Å². The third-order valence-electron chi connectivity index (χ3n) is 4.09. The molecule has 1 saturated heterocycles. The smallest absolute Gasteiger partial charge is 0.323 e. The number of rotatable bonds is 9. The highest BCUT2D eigenvalue weighted by molar-refractivity contribution is 5.73. The third-order valence-corrected chi connectivity index (χ3v) is 4.09. The van der Waals surface area contributed by atoms with Gasteiger partial charge in [0.2, 0.25) is 0 Å². The van der Waals surface area contributed by atoms with E-state index in [4.69, 9.17) is 49.2 Å². The maximum Gasteiger partial charge on any atom is 0.323 e. The van der Waals surface area contributed by atoms with Crippen LogP contribution in [0.2, 0.25) is 0 Å². The van der Waals surface area contributed by atoms with Gasteiger partial charge >= 0.3 is 29.8 Å². The van der Waals surface area contributed by atoms with Gasteiger partial charge < -0.3 is 44.4 Å². The summed E-state index contributed by atoms with van der Waals surface area (Å²) in [4.78, 5) is 66.4. The molecule has 1 fully saturated rings. The Labute approximate surface area is 200 Å². The van der Waals surface area contributed by atoms with Crippen LogP contribution in [0.4, 0.5) is 0 Å². The van der Waals surface area contributed by atoms with Crippen LogP contribution >= 0.6 is 0 Å². The summed E-state index contributed by atoms with van der Waals surface area (Å²) in [5.41, 5.74) is 5.55. The molecule has 0 radical (unpaired) electrons. The van der Waals surface area contributed by atoms with Gasteiger partial charge in [-0.2, -0.15) is 0 Å². The zero-order chi connectivity index (χ0) is 27.5. The fourth-order valence-corrected chi connectivity index (χ4v) is 2.80. The van der Waals surface area contributed by atoms with Crippen molar-refractivity contribution in [2.24, 2.45) is 5.73 Å². The minimum absolute atomic E-state index is 0.433. The first-order valence-corrected chi connectivity index (χ1v) is 10.2. The molecule has 200 valence electrons. The largest absolute Gasteiger partial charge is 0.481 e. The number of carbonyl (C=O) groups excluding carboxylic acids is 4. The lowest BCUT2D eigenvalue weighted by Gasteiger charge is -2.44. The van der Waals surface area contributed by atoms with Crippen LogP contribution < -0.4 is 5.73 Å². The Kier molecular flexibility index (Phi) is 13.5. The topological polar surface area (TPSA) is 224 Å². The molecule has 35 heavy (non-hydrogen) atoms. The Morgan fingerprint density at radius 2 is 1.23 bits per heavy atom. The molecular weight excluding hydrogens is 478 g/mol. The molecule has 0 spiro atoms. The fourth-order valence-electron chi connectivity index (χ4n) is 2.80. The molecule has 15 nitrogen and oxygen atoms in total. The Bertz CT molecular complexity index is 780. The summed E-state index contributed by atoms with van der Waals surface area (Å²) >= 11 is 0. The van der Waals surface area contributed by atoms with Crippen LogP contribution in [-0.2, 0) is 57.2 Å². The van der Waals surface area contributed by atoms with E-state index >= 15 is 0 Å². The summed E-state index contributed by atoms with van der Waals surface area (Å²) in [6, 6.07) is -1.47. The molecule has 0 aromatic rings. The zero-order valence-electron chi connectivity index (χ0n) is 20.1. The minimum atomic E-state index is -1.50. The van der Waals surface area contributed by atoms with Crippen molar-refractivity contribution in [2.75, 3.05) is 6.61 Å². The molecular formula is C20H31NO14. The number of hydrogen-bond acceptors (Lipinski definition) is 13. The van der Waals surface area contributed by atoms with Gasteiger partial charge in [0.15, 0.2) is 24.6 Å². The maximum absolute atomic E-state index is 11.7. The number of ether oxygens (including phenoxy) is 6. The molecule has 0 aromatic carbocycles. The molecule has 1 aliphatic heterocycles. The van der Waals surface area contributed by atoms with Gasteiger partial charge in [-0.15, -0.1) is 0 Å². The van der Waals surface area contributed by atoms with E-state index in [0.29, 0.717) is 0 Å². The van der Waals surface area contributed by atoms with Crippen molar-refractivity contribution in [2.45, 2.75) is 84.4 Å². The van der Waals surface area contributed by atoms with Gasteiger partial charge in [-0.3, -0.25) is 28.8 Å². The van der Waals surface area contributed by atoms with Crippen molar-refractivity contribution in [1.29, 1.82) is 0 Å². The summed E-state index contributed by atoms with van der Waals surface area (Å²) in [6.45, 7) is 6.36. The van der Waals surface area contributed by atoms with Gasteiger partial charge in [-0.05, 0) is 6.92 Å². The Morgan fingerprint density at radius 1 is 0.800 bits per heavy atom. The average molecular weight is 509 g/mol. The van der Waals surface area contributed by atoms with Crippen LogP contribution in [0.3, 0.4) is 0 Å². The normalized spacial score (nSPS) is 24.9. The average Bonchev–Trinajstić information content (AvgIpc) is 2.68. The molecule has 0 unspecified atom stereocenters. The summed E-state index contributed by atoms with van der Waals surface area (Å²) in [5.74, 6) is -5.26. The van der Waals surface area contributed by atoms with Crippen LogP contribution in [0.5, 0.6) is 0 Å². The molecule has 4 N–H and O–H groups in total. The van der Waals surface area contributed by atoms with E-state index in [-0.39, 0.29) is 0 Å². The summed E-state index contributed by atoms with van der Waals surface area (Å²) < 4.78 is 31.8. The molecule has 0 aliphatic carbocycles. The second-order valence-electron chi connectivity index (χ2n) is 7.29. The molecule has 1 heterocycles. The van der Waals surface area contributed by atoms with Gasteiger partial charge in [0.05, 0.1) is 6.10 Å². The van der Waals surface area contributed by atoms with Crippen molar-refractivity contribution in [3.8, 4) is 0 Å². The van der Waals surface area contributed by atoms with E-state index in [1.165, 1.54) is 6.92 Å². The third kappa shape index (κ3) is 12.1. The fraction of sp³-hybridized carbons (Fsp3) is 0.700. The number of carbonyl (C=O) groups is 6. The summed E-state index contributed by atoms with van der Waals surface area (Å²) in [7, 11) is 0. The van der Waals surface area contributed by atoms with Crippen molar-refractivity contribution in [3.05, 3.63) is 0 Å². The summed E-state index contributed by atoms with van der Waals surface area (Å²) in [6.07, 6.45) is -8.06. The lowest BCUT2D eigenvalue weighted by molar-refractivity contribution is -0.316. The van der Waals surface area contributed by atoms with E-state index in [9.17, 15) is 24.0 Å². The van der Waals surface area contributed by atoms with Gasteiger partial charge in [-0.25, -0.2) is 0 Å². The molecule has 1 rings (SSSR count). The number of esters is 4. The van der Waals surface area contributed by atoms with Crippen molar-refractivity contribution in [3.63, 3.8) is 0 Å². The minimum Gasteiger partial charge on any atom is -0.481 e. The quantitative estimate of drug-likeness (QED) is 0.250. The monoisotopic (exact) mass is 509 g/mol. The summed E-state index contributed by atoms with van der Waals surface area (Å²) in [5, 5.41) is 16.5. The number of nitrogens with two attached hydrogens (primary N) is 1. The molecule has 0 amide bonds. The Morgan fingerprint density at radius 3 is 1.63 bits per heavy atom. The van der Waals surface area contributed by atoms with Gasteiger partial charge in [0.25, 0.3) is 5.97 Å². The Hall–Kier alpha value is -3.30. The second-order valence-corrected chi connectivity index (χ2v) is 7.29. The first-order chi connectivity index (χ1) is 16.1. The van der Waals surface area contributed by atoms with Gasteiger partial charge in [-0.1, -0.05) is 0 Å². The molecule has 0 aromatic heterocycles. The predicted molar refractivity (Wildman–Crippen MR) is 111 cm³/mol. The van der Waals surface area contributed by atoms with E-state index in [2.05, 4.69) is 0 Å². The molecule has 0 bridgehead atoms. The van der Waals surface area contributed by atoms with Crippen molar-refractivity contribution >= 4 is 35.8 Å². The number of hydrogen-bond donors (Lipinski definition) is 3. The molecule has 1 aliphatic rings. The van der Waals surface area contributed by atoms with Crippen LogP contribution in [0.15, 0.2) is 0 Å². The van der Waals surface area contributed by atoms with Gasteiger partial charge in [0.1, 0.15) is 18.8 Å². The predicted octanol–water partition coefficient (Wildman–Crippen LogP) is -1.02. The van der Waals surface area contributed by atoms with E-state index in [1.807, 2.05) is 0 Å². The first kappa shape index (κ1) is 31.7. The SMILES string of the molecule is CC(=O)O.CC(=O)OC[C@H]1O[C@@H](O[C@H](C)[C@H](N)C(=O)O)[C@H](OC(C)=O)[C@@H](OC(C)=O)[C@H]1OC(C)=O. The zero-order valence-corrected chi connectivity index (χ0v) is 20.1. The van der Waals surface area contributed by atoms with Crippen LogP contribution in [0, 0.1) is 0 Å². The van der Waals surface area contributed by atoms with Gasteiger partial charge in [0, 0.05) is 34.6 Å². The van der Waals surface area contributed by atoms with E-state index in [1.54, 1.807) is 0 Å². The Balaban J connectivity index is 0.00000267. The molecule has 15 heteroatoms. The van der Waals surface area contributed by atoms with Crippen molar-refractivity contribution < 1.29 is 67.4 Å². The lowest BCUT2D eigenvalue weighted by atomic mass is 9.98. The second kappa shape index (κ2) is 14.9. The van der Waals surface area contributed by atoms with Crippen molar-refractivity contribution in [1.82, 2.24) is 0 Å². The molecule has 7 atom stereocenters. The number of carboxylic acid groups (broad SMARTS) is 2. The number of carboxylic acids is 2. The van der Waals surface area contributed by atoms with Crippen LogP contribution in [-0.4, -0.2) is 95.5 Å². The first-order valence-electron chi connectivity index (χ1n) is 10.2.